The van der Waals surface area contributed by atoms with Crippen molar-refractivity contribution in [1.29, 1.82) is 0 Å². The van der Waals surface area contributed by atoms with Crippen molar-refractivity contribution in [3.63, 3.8) is 0 Å². The van der Waals surface area contributed by atoms with E-state index < -0.39 is 0 Å². The third-order valence-electron chi connectivity index (χ3n) is 3.39. The van der Waals surface area contributed by atoms with E-state index in [9.17, 15) is 0 Å². The Morgan fingerprint density at radius 3 is 2.56 bits per heavy atom. The highest BCUT2D eigenvalue weighted by atomic mass is 127. The summed E-state index contributed by atoms with van der Waals surface area (Å²) in [4.78, 5) is 12.6. The number of pyridine rings is 1. The van der Waals surface area contributed by atoms with E-state index in [2.05, 4.69) is 46.4 Å². The van der Waals surface area contributed by atoms with Gasteiger partial charge >= 0.3 is 0 Å². The molecule has 2 rings (SSSR count). The minimum atomic E-state index is -0.0500. The summed E-state index contributed by atoms with van der Waals surface area (Å²) in [7, 11) is 3.32. The molecule has 2 aromatic rings. The van der Waals surface area contributed by atoms with Gasteiger partial charge in [0.25, 0.3) is 0 Å². The van der Waals surface area contributed by atoms with Crippen molar-refractivity contribution in [3.05, 3.63) is 41.7 Å². The van der Waals surface area contributed by atoms with Gasteiger partial charge in [-0.25, -0.2) is 9.97 Å². The van der Waals surface area contributed by atoms with E-state index in [1.165, 1.54) is 0 Å². The van der Waals surface area contributed by atoms with E-state index in [0.29, 0.717) is 30.8 Å². The Kier molecular flexibility index (Phi) is 8.14. The van der Waals surface area contributed by atoms with Crippen molar-refractivity contribution in [2.24, 2.45) is 4.99 Å². The molecule has 0 fully saturated rings. The zero-order valence-electron chi connectivity index (χ0n) is 15.3. The number of ether oxygens (including phenoxy) is 1. The molecule has 0 spiro atoms. The van der Waals surface area contributed by atoms with Crippen LogP contribution in [-0.4, -0.2) is 30.1 Å². The van der Waals surface area contributed by atoms with E-state index in [0.717, 1.165) is 11.3 Å². The Hall–Kier alpha value is -1.84. The molecule has 2 N–H and O–H groups in total. The van der Waals surface area contributed by atoms with E-state index >= 15 is 0 Å². The molecule has 0 unspecified atom stereocenters. The molecule has 0 aliphatic rings. The lowest BCUT2D eigenvalue weighted by molar-refractivity contribution is 0.379. The van der Waals surface area contributed by atoms with Crippen molar-refractivity contribution in [3.8, 4) is 5.88 Å². The summed E-state index contributed by atoms with van der Waals surface area (Å²) in [5.41, 5.74) is 1.00. The second kappa shape index (κ2) is 9.59. The molecule has 0 saturated carbocycles. The Morgan fingerprint density at radius 1 is 1.24 bits per heavy atom. The number of hydrogen-bond donors (Lipinski definition) is 2. The predicted molar refractivity (Wildman–Crippen MR) is 108 cm³/mol. The second-order valence-electron chi connectivity index (χ2n) is 6.35. The zero-order valence-corrected chi connectivity index (χ0v) is 17.6. The maximum atomic E-state index is 5.75. The molecule has 0 radical (unpaired) electrons. The lowest BCUT2D eigenvalue weighted by Crippen LogP contribution is -2.36. The molecule has 0 atom stereocenters. The van der Waals surface area contributed by atoms with Crippen LogP contribution in [0.1, 0.15) is 38.0 Å². The third kappa shape index (κ3) is 6.52. The van der Waals surface area contributed by atoms with Crippen molar-refractivity contribution in [1.82, 2.24) is 20.6 Å². The smallest absolute Gasteiger partial charge is 0.213 e. The molecule has 2 aromatic heterocycles. The summed E-state index contributed by atoms with van der Waals surface area (Å²) in [5, 5.41) is 6.42. The molecule has 0 aliphatic carbocycles. The highest BCUT2D eigenvalue weighted by Crippen LogP contribution is 2.22. The van der Waals surface area contributed by atoms with Crippen LogP contribution in [-0.2, 0) is 18.5 Å². The van der Waals surface area contributed by atoms with Crippen LogP contribution in [0.2, 0.25) is 0 Å². The minimum absolute atomic E-state index is 0. The van der Waals surface area contributed by atoms with Gasteiger partial charge in [0.15, 0.2) is 5.96 Å². The number of hydrogen-bond acceptors (Lipinski definition) is 5. The van der Waals surface area contributed by atoms with Gasteiger partial charge in [0, 0.05) is 31.3 Å². The quantitative estimate of drug-likeness (QED) is 0.407. The molecule has 138 valence electrons. The monoisotopic (exact) mass is 459 g/mol. The minimum Gasteiger partial charge on any atom is -0.481 e. The molecule has 0 aliphatic heterocycles. The van der Waals surface area contributed by atoms with Gasteiger partial charge in [-0.05, 0) is 11.6 Å². The zero-order chi connectivity index (χ0) is 17.6. The van der Waals surface area contributed by atoms with Gasteiger partial charge in [0.05, 0.1) is 19.9 Å². The predicted octanol–water partition coefficient (Wildman–Crippen LogP) is 2.86. The summed E-state index contributed by atoms with van der Waals surface area (Å²) < 4.78 is 10.9. The number of oxazole rings is 1. The lowest BCUT2D eigenvalue weighted by atomic mass is 9.94. The fraction of sp³-hybridized carbons (Fsp3) is 0.471. The molecule has 0 aromatic carbocycles. The summed E-state index contributed by atoms with van der Waals surface area (Å²) in [6.07, 6.45) is 3.49. The fourth-order valence-corrected chi connectivity index (χ4v) is 1.98. The van der Waals surface area contributed by atoms with Crippen LogP contribution in [0.15, 0.2) is 33.9 Å². The van der Waals surface area contributed by atoms with Crippen molar-refractivity contribution in [2.75, 3.05) is 14.2 Å². The number of rotatable bonds is 5. The fourth-order valence-electron chi connectivity index (χ4n) is 1.98. The van der Waals surface area contributed by atoms with Gasteiger partial charge in [-0.15, -0.1) is 24.0 Å². The van der Waals surface area contributed by atoms with Crippen molar-refractivity contribution in [2.45, 2.75) is 39.3 Å². The van der Waals surface area contributed by atoms with Gasteiger partial charge in [-0.1, -0.05) is 20.8 Å². The van der Waals surface area contributed by atoms with Crippen LogP contribution < -0.4 is 15.4 Å². The number of nitrogens with zero attached hydrogens (tertiary/aromatic N) is 3. The van der Waals surface area contributed by atoms with Crippen molar-refractivity contribution >= 4 is 29.9 Å². The molecular weight excluding hydrogens is 433 g/mol. The van der Waals surface area contributed by atoms with Gasteiger partial charge in [0.1, 0.15) is 5.76 Å². The number of halogens is 1. The normalized spacial score (nSPS) is 11.6. The first-order valence-electron chi connectivity index (χ1n) is 7.81. The maximum absolute atomic E-state index is 5.75. The molecule has 0 amide bonds. The largest absolute Gasteiger partial charge is 0.481 e. The van der Waals surface area contributed by atoms with E-state index in [1.807, 2.05) is 12.1 Å². The Labute approximate surface area is 165 Å². The molecule has 8 heteroatoms. The standard InChI is InChI=1S/C17H25N5O2.HI/c1-17(2,3)13-10-20-15(24-13)11-22-16(18-4)21-9-12-6-7-19-14(8-12)23-5;/h6-8,10H,9,11H2,1-5H3,(H2,18,21,22);1H. The van der Waals surface area contributed by atoms with Crippen LogP contribution in [0, 0.1) is 0 Å². The average Bonchev–Trinajstić information content (AvgIpc) is 3.04. The van der Waals surface area contributed by atoms with Crippen LogP contribution in [0.3, 0.4) is 0 Å². The number of nitrogens with one attached hydrogen (secondary N) is 2. The Balaban J connectivity index is 0.00000312. The summed E-state index contributed by atoms with van der Waals surface area (Å²) in [6.45, 7) is 7.35. The van der Waals surface area contributed by atoms with E-state index in [-0.39, 0.29) is 29.4 Å². The lowest BCUT2D eigenvalue weighted by Gasteiger charge is -2.13. The first-order chi connectivity index (χ1) is 11.4. The van der Waals surface area contributed by atoms with Crippen LogP contribution in [0.4, 0.5) is 0 Å². The summed E-state index contributed by atoms with van der Waals surface area (Å²) >= 11 is 0. The van der Waals surface area contributed by atoms with Crippen LogP contribution >= 0.6 is 24.0 Å². The molecule has 0 saturated heterocycles. The van der Waals surface area contributed by atoms with Crippen LogP contribution in [0.25, 0.3) is 0 Å². The number of aliphatic imine (C=N–C) groups is 1. The molecular formula is C17H26IN5O2. The molecule has 0 bridgehead atoms. The number of methoxy groups -OCH3 is 1. The molecule has 2 heterocycles. The van der Waals surface area contributed by atoms with E-state index in [1.54, 1.807) is 26.6 Å². The first kappa shape index (κ1) is 21.2. The highest BCUT2D eigenvalue weighted by Gasteiger charge is 2.19. The molecule has 7 nitrogen and oxygen atoms in total. The number of guanidine groups is 1. The van der Waals surface area contributed by atoms with Gasteiger partial charge in [0.2, 0.25) is 11.8 Å². The molecule has 25 heavy (non-hydrogen) atoms. The van der Waals surface area contributed by atoms with Gasteiger partial charge in [-0.2, -0.15) is 0 Å². The Bertz CT molecular complexity index is 694. The maximum Gasteiger partial charge on any atom is 0.213 e. The summed E-state index contributed by atoms with van der Waals surface area (Å²) in [6, 6.07) is 3.80. The van der Waals surface area contributed by atoms with Gasteiger partial charge < -0.3 is 19.8 Å². The highest BCUT2D eigenvalue weighted by molar-refractivity contribution is 14.0. The van der Waals surface area contributed by atoms with Crippen LogP contribution in [0.5, 0.6) is 5.88 Å². The SMILES string of the molecule is CN=C(NCc1ccnc(OC)c1)NCc1ncc(C(C)(C)C)o1.I. The first-order valence-corrected chi connectivity index (χ1v) is 7.81. The van der Waals surface area contributed by atoms with E-state index in [4.69, 9.17) is 9.15 Å². The third-order valence-corrected chi connectivity index (χ3v) is 3.39. The van der Waals surface area contributed by atoms with Gasteiger partial charge in [-0.3, -0.25) is 4.99 Å². The average molecular weight is 459 g/mol. The topological polar surface area (TPSA) is 84.6 Å². The number of aromatic nitrogens is 2. The summed E-state index contributed by atoms with van der Waals surface area (Å²) in [5.74, 6) is 2.76. The Morgan fingerprint density at radius 2 is 1.96 bits per heavy atom. The second-order valence-corrected chi connectivity index (χ2v) is 6.35. The van der Waals surface area contributed by atoms with Crippen molar-refractivity contribution < 1.29 is 9.15 Å².